The number of fused-ring (bicyclic) bond motifs is 2. The number of hydrogen-bond acceptors (Lipinski definition) is 4. The lowest BCUT2D eigenvalue weighted by Crippen LogP contribution is -2.54. The standard InChI is InChI=1S/C20H32N4O2/c1-14-5-3-4-6-17(14)22-18(25)13-24-15-7-8-16(24)12-20(26,11-15)19-21-9-10-23(19)2/h9-10,14-17,26H,3-8,11-13H2,1-2H3,(H,22,25)/t14-,15+,16+,17+/m1/s1. The normalized spacial score (nSPS) is 37.7. The minimum atomic E-state index is -0.866. The number of piperidine rings is 1. The Labute approximate surface area is 156 Å². The van der Waals surface area contributed by atoms with Gasteiger partial charge in [0.15, 0.2) is 0 Å². The number of aryl methyl sites for hydroxylation is 1. The number of nitrogens with zero attached hydrogens (tertiary/aromatic N) is 3. The topological polar surface area (TPSA) is 70.4 Å². The smallest absolute Gasteiger partial charge is 0.234 e. The maximum Gasteiger partial charge on any atom is 0.234 e. The number of amides is 1. The van der Waals surface area contributed by atoms with Crippen LogP contribution in [0.5, 0.6) is 0 Å². The lowest BCUT2D eigenvalue weighted by Gasteiger charge is -2.43. The van der Waals surface area contributed by atoms with E-state index in [0.717, 1.165) is 25.1 Å². The van der Waals surface area contributed by atoms with E-state index in [-0.39, 0.29) is 18.0 Å². The third-order valence-electron chi connectivity index (χ3n) is 6.94. The van der Waals surface area contributed by atoms with Crippen molar-refractivity contribution in [1.29, 1.82) is 0 Å². The van der Waals surface area contributed by atoms with Crippen molar-refractivity contribution in [2.75, 3.05) is 6.54 Å². The first-order chi connectivity index (χ1) is 12.5. The molecule has 1 aromatic rings. The summed E-state index contributed by atoms with van der Waals surface area (Å²) in [6.45, 7) is 2.72. The van der Waals surface area contributed by atoms with Crippen molar-refractivity contribution in [1.82, 2.24) is 19.8 Å². The average molecular weight is 361 g/mol. The Morgan fingerprint density at radius 1 is 1.27 bits per heavy atom. The second kappa shape index (κ2) is 6.97. The Hall–Kier alpha value is -1.40. The van der Waals surface area contributed by atoms with E-state index >= 15 is 0 Å². The zero-order chi connectivity index (χ0) is 18.3. The molecule has 0 unspecified atom stereocenters. The first-order valence-electron chi connectivity index (χ1n) is 10.2. The summed E-state index contributed by atoms with van der Waals surface area (Å²) >= 11 is 0. The summed E-state index contributed by atoms with van der Waals surface area (Å²) < 4.78 is 1.92. The number of imidazole rings is 1. The number of hydrogen-bond donors (Lipinski definition) is 2. The van der Waals surface area contributed by atoms with Gasteiger partial charge in [0.1, 0.15) is 11.4 Å². The van der Waals surface area contributed by atoms with Crippen LogP contribution in [0.4, 0.5) is 0 Å². The highest BCUT2D eigenvalue weighted by Gasteiger charge is 2.50. The van der Waals surface area contributed by atoms with Crippen LogP contribution < -0.4 is 5.32 Å². The number of rotatable bonds is 4. The molecule has 1 aromatic heterocycles. The summed E-state index contributed by atoms with van der Waals surface area (Å²) in [5.74, 6) is 1.50. The highest BCUT2D eigenvalue weighted by atomic mass is 16.3. The predicted molar refractivity (Wildman–Crippen MR) is 99.4 cm³/mol. The van der Waals surface area contributed by atoms with Gasteiger partial charge in [0.05, 0.1) is 6.54 Å². The van der Waals surface area contributed by atoms with Crippen molar-refractivity contribution in [2.24, 2.45) is 13.0 Å². The second-order valence-corrected chi connectivity index (χ2v) is 8.79. The molecule has 2 N–H and O–H groups in total. The first kappa shape index (κ1) is 18.0. The Morgan fingerprint density at radius 3 is 2.58 bits per heavy atom. The third-order valence-corrected chi connectivity index (χ3v) is 6.94. The molecule has 0 radical (unpaired) electrons. The Balaban J connectivity index is 1.39. The van der Waals surface area contributed by atoms with Crippen molar-refractivity contribution in [3.63, 3.8) is 0 Å². The van der Waals surface area contributed by atoms with E-state index in [1.54, 1.807) is 6.20 Å². The second-order valence-electron chi connectivity index (χ2n) is 8.79. The van der Waals surface area contributed by atoms with Crippen LogP contribution in [0.2, 0.25) is 0 Å². The average Bonchev–Trinajstić information content (AvgIpc) is 3.13. The van der Waals surface area contributed by atoms with Crippen molar-refractivity contribution in [3.8, 4) is 0 Å². The minimum absolute atomic E-state index is 0.156. The summed E-state index contributed by atoms with van der Waals surface area (Å²) in [6.07, 6.45) is 11.9. The largest absolute Gasteiger partial charge is 0.382 e. The molecule has 3 fully saturated rings. The zero-order valence-corrected chi connectivity index (χ0v) is 16.0. The van der Waals surface area contributed by atoms with Gasteiger partial charge >= 0.3 is 0 Å². The molecule has 3 heterocycles. The van der Waals surface area contributed by atoms with Gasteiger partial charge in [0.2, 0.25) is 5.91 Å². The molecule has 4 rings (SSSR count). The molecule has 6 heteroatoms. The van der Waals surface area contributed by atoms with Crippen LogP contribution in [0, 0.1) is 5.92 Å². The zero-order valence-electron chi connectivity index (χ0n) is 16.0. The highest BCUT2D eigenvalue weighted by molar-refractivity contribution is 5.78. The SMILES string of the molecule is C[C@@H]1CCCC[C@@H]1NC(=O)CN1[C@H]2CC[C@H]1CC(O)(c1nccn1C)C2. The molecule has 1 amide bonds. The summed E-state index contributed by atoms with van der Waals surface area (Å²) in [7, 11) is 1.94. The predicted octanol–water partition coefficient (Wildman–Crippen LogP) is 1.93. The molecule has 2 aliphatic heterocycles. The van der Waals surface area contributed by atoms with Gasteiger partial charge in [0.25, 0.3) is 0 Å². The maximum absolute atomic E-state index is 12.7. The molecule has 0 spiro atoms. The molecule has 6 nitrogen and oxygen atoms in total. The summed E-state index contributed by atoms with van der Waals surface area (Å²) in [5, 5.41) is 14.5. The van der Waals surface area contributed by atoms with Gasteiger partial charge in [-0.2, -0.15) is 0 Å². The molecule has 2 bridgehead atoms. The van der Waals surface area contributed by atoms with E-state index in [1.807, 2.05) is 17.8 Å². The fourth-order valence-electron chi connectivity index (χ4n) is 5.52. The van der Waals surface area contributed by atoms with Crippen molar-refractivity contribution in [2.45, 2.75) is 82.0 Å². The Bertz CT molecular complexity index is 644. The highest BCUT2D eigenvalue weighted by Crippen LogP contribution is 2.44. The van der Waals surface area contributed by atoms with Gasteiger partial charge < -0.3 is 15.0 Å². The van der Waals surface area contributed by atoms with Gasteiger partial charge in [-0.05, 0) is 44.4 Å². The van der Waals surface area contributed by atoms with E-state index in [9.17, 15) is 9.90 Å². The summed E-state index contributed by atoms with van der Waals surface area (Å²) in [4.78, 5) is 19.4. The lowest BCUT2D eigenvalue weighted by atomic mass is 9.85. The van der Waals surface area contributed by atoms with Crippen LogP contribution in [-0.4, -0.2) is 50.1 Å². The number of nitrogens with one attached hydrogen (secondary N) is 1. The molecular formula is C20H32N4O2. The van der Waals surface area contributed by atoms with E-state index in [2.05, 4.69) is 22.1 Å². The van der Waals surface area contributed by atoms with Gasteiger partial charge in [-0.25, -0.2) is 4.98 Å². The van der Waals surface area contributed by atoms with Crippen LogP contribution >= 0.6 is 0 Å². The van der Waals surface area contributed by atoms with Crippen LogP contribution in [0.25, 0.3) is 0 Å². The van der Waals surface area contributed by atoms with E-state index in [0.29, 0.717) is 31.3 Å². The fourth-order valence-corrected chi connectivity index (χ4v) is 5.52. The number of aliphatic hydroxyl groups is 1. The fraction of sp³-hybridized carbons (Fsp3) is 0.800. The van der Waals surface area contributed by atoms with Gasteiger partial charge in [-0.3, -0.25) is 9.69 Å². The lowest BCUT2D eigenvalue weighted by molar-refractivity contribution is -0.127. The summed E-state index contributed by atoms with van der Waals surface area (Å²) in [5.41, 5.74) is -0.866. The van der Waals surface area contributed by atoms with Crippen molar-refractivity contribution in [3.05, 3.63) is 18.2 Å². The van der Waals surface area contributed by atoms with Crippen LogP contribution in [0.15, 0.2) is 12.4 Å². The molecule has 3 aliphatic rings. The third kappa shape index (κ3) is 3.29. The van der Waals surface area contributed by atoms with E-state index < -0.39 is 5.60 Å². The van der Waals surface area contributed by atoms with E-state index in [1.165, 1.54) is 19.3 Å². The van der Waals surface area contributed by atoms with Gasteiger partial charge in [-0.1, -0.05) is 19.8 Å². The maximum atomic E-state index is 12.7. The van der Waals surface area contributed by atoms with Crippen molar-refractivity contribution < 1.29 is 9.90 Å². The molecule has 1 saturated carbocycles. The number of carbonyl (C=O) groups excluding carboxylic acids is 1. The van der Waals surface area contributed by atoms with Crippen LogP contribution in [-0.2, 0) is 17.4 Å². The summed E-state index contributed by atoms with van der Waals surface area (Å²) in [6, 6.07) is 0.873. The quantitative estimate of drug-likeness (QED) is 0.861. The molecule has 26 heavy (non-hydrogen) atoms. The molecule has 144 valence electrons. The molecule has 2 saturated heterocycles. The van der Waals surface area contributed by atoms with Crippen LogP contribution in [0.3, 0.4) is 0 Å². The molecule has 0 aromatic carbocycles. The van der Waals surface area contributed by atoms with E-state index in [4.69, 9.17) is 0 Å². The van der Waals surface area contributed by atoms with Gasteiger partial charge in [0, 0.05) is 37.6 Å². The van der Waals surface area contributed by atoms with Crippen LogP contribution in [0.1, 0.15) is 64.1 Å². The number of carbonyl (C=O) groups is 1. The van der Waals surface area contributed by atoms with Crippen molar-refractivity contribution >= 4 is 5.91 Å². The molecular weight excluding hydrogens is 328 g/mol. The first-order valence-corrected chi connectivity index (χ1v) is 10.2. The Kier molecular flexibility index (Phi) is 4.82. The Morgan fingerprint density at radius 2 is 1.96 bits per heavy atom. The monoisotopic (exact) mass is 360 g/mol. The molecule has 4 atom stereocenters. The number of aromatic nitrogens is 2. The molecule has 1 aliphatic carbocycles. The minimum Gasteiger partial charge on any atom is -0.382 e. The van der Waals surface area contributed by atoms with Gasteiger partial charge in [-0.15, -0.1) is 0 Å².